The van der Waals surface area contributed by atoms with Gasteiger partial charge in [0.2, 0.25) is 88.6 Å². The highest BCUT2D eigenvalue weighted by Gasteiger charge is 2.49. The highest BCUT2D eigenvalue weighted by Crippen LogP contribution is 2.30. The number of hydrogen-bond donors (Lipinski definition) is 32. The third-order valence-corrected chi connectivity index (χ3v) is 25.5. The number of guanidine groups is 7. The molecule has 6 aliphatic heterocycles. The summed E-state index contributed by atoms with van der Waals surface area (Å²) in [5.74, 6) is -15.4. The second kappa shape index (κ2) is 58.3. The van der Waals surface area contributed by atoms with Gasteiger partial charge in [-0.05, 0) is 185 Å². The van der Waals surface area contributed by atoms with Crippen molar-refractivity contribution in [3.8, 4) is 0 Å². The molecule has 40 N–H and O–H groups in total. The normalized spacial score (nSPS) is 19.8. The molecule has 15 amide bonds. The Kier molecular flexibility index (Phi) is 47.9. The van der Waals surface area contributed by atoms with Crippen molar-refractivity contribution in [3.63, 3.8) is 0 Å². The summed E-state index contributed by atoms with van der Waals surface area (Å²) in [4.78, 5) is 240. The van der Waals surface area contributed by atoms with Crippen molar-refractivity contribution in [2.24, 2.45) is 57.7 Å². The van der Waals surface area contributed by atoms with Crippen molar-refractivity contribution in [3.05, 3.63) is 0 Å². The minimum absolute atomic E-state index is 0.00415. The first-order valence-corrected chi connectivity index (χ1v) is 48.5. The molecule has 16 atom stereocenters. The molecule has 0 aromatic rings. The molecule has 140 heavy (non-hydrogen) atoms. The van der Waals surface area contributed by atoms with E-state index in [0.717, 1.165) is 0 Å². The molecule has 0 bridgehead atoms. The molecule has 0 aromatic carbocycles. The predicted molar refractivity (Wildman–Crippen MR) is 515 cm³/mol. The maximum atomic E-state index is 15.3. The van der Waals surface area contributed by atoms with Crippen LogP contribution in [0.3, 0.4) is 0 Å². The molecule has 0 radical (unpaired) electrons. The highest BCUT2D eigenvalue weighted by atomic mass is 16.4. The summed E-state index contributed by atoms with van der Waals surface area (Å²) in [6, 6.07) is -18.8. The molecule has 0 spiro atoms. The van der Waals surface area contributed by atoms with Gasteiger partial charge in [-0.3, -0.25) is 115 Å². The van der Waals surface area contributed by atoms with Crippen LogP contribution < -0.4 is 131 Å². The van der Waals surface area contributed by atoms with Crippen LogP contribution in [0, 0.1) is 49.7 Å². The molecule has 0 unspecified atom stereocenters. The van der Waals surface area contributed by atoms with E-state index < -0.39 is 198 Å². The zero-order valence-corrected chi connectivity index (χ0v) is 80.8. The summed E-state index contributed by atoms with van der Waals surface area (Å²) in [6.07, 6.45) is 4.15. The van der Waals surface area contributed by atoms with Gasteiger partial charge >= 0.3 is 5.97 Å². The van der Waals surface area contributed by atoms with Crippen LogP contribution in [0.1, 0.15) is 207 Å². The van der Waals surface area contributed by atoms with Crippen LogP contribution in [0.15, 0.2) is 0 Å². The van der Waals surface area contributed by atoms with Gasteiger partial charge in [0, 0.05) is 85.1 Å². The number of aliphatic carboxylic acids is 1. The van der Waals surface area contributed by atoms with E-state index in [1.54, 1.807) is 27.7 Å². The molecule has 54 heteroatoms. The minimum atomic E-state index is -1.41. The van der Waals surface area contributed by atoms with Crippen molar-refractivity contribution in [1.82, 2.24) is 114 Å². The molecule has 6 fully saturated rings. The number of rotatable bonds is 57. The standard InChI is InChI=1S/C86H153N37O17/c1-5-48(4)64(117-67(128)51(21-8-34-104-82(92)93)110-65(126)49(87)19-6-32-102-80(88)89)73(134)115-55(25-12-38-108-86(100)101)76(137)120-41-15-28-59(120)71(132)114-54(24-11-37-107-85(98)99)77(138)123-44-18-31-62(123)79(140)122-43-17-30-61(122)69(130)111-50(20-7-33-103-81(90)91)66(127)116-56(45-47(2)3)78(139)121-42-16-29-60(121)72(133)113-53(23-10-36-106-84(96)97)75(136)119-40-14-27-58(119)70(131)112-52(22-9-35-105-83(94)95)74(135)118-39-13-26-57(118)68(129)109-46-63(124)125/h47-62,64H,5-46,87H2,1-4H3,(H,109,129)(H,110,126)(H,111,130)(H,112,131)(H,113,133)(H,114,132)(H,115,134)(H,116,127)(H,117,128)(H,124,125)(H4,88,89,102)(H4,90,91,103)(H4,92,93,104)(H4,94,95,105)(H4,96,97,106)(H4,98,99,107)(H4,100,101,108)/t48-,49-,50-,51-,52-,53-,54-,55-,56-,57-,58-,59-,60-,61-,62-,64-/m0/s1. The van der Waals surface area contributed by atoms with Gasteiger partial charge in [-0.15, -0.1) is 0 Å². The first-order valence-electron chi connectivity index (χ1n) is 48.5. The lowest BCUT2D eigenvalue weighted by molar-refractivity contribution is -0.148. The Morgan fingerprint density at radius 3 is 0.879 bits per heavy atom. The van der Waals surface area contributed by atoms with Crippen LogP contribution >= 0.6 is 0 Å². The molecule has 6 saturated heterocycles. The van der Waals surface area contributed by atoms with E-state index in [0.29, 0.717) is 51.4 Å². The van der Waals surface area contributed by atoms with Crippen LogP contribution in [-0.2, 0) is 76.7 Å². The topological polar surface area (TPSA) is 880 Å². The minimum Gasteiger partial charge on any atom is -0.480 e. The maximum Gasteiger partial charge on any atom is 0.322 e. The SMILES string of the molecule is CC[C@H](C)[C@H](NC(=O)[C@H](CCCNC(=N)N)NC(=O)[C@@H](N)CCCNC(=N)N)C(=O)N[C@@H](CCCNC(=N)N)C(=O)N1CCC[C@H]1C(=O)N[C@@H](CCCNC(=N)N)C(=O)N1CCC[C@H]1C(=O)N1CCC[C@H]1C(=O)N[C@@H](CCCNC(=N)N)C(=O)N[C@@H](CC(C)C)C(=O)N1CCC[C@H]1C(=O)N[C@@H](CCCNC(=N)N)C(=O)N1CCC[C@H]1C(=O)N[C@@H](CCCNC(=N)N)C(=O)N1CCC[C@H]1C(=O)NCC(=O)O. The Bertz CT molecular complexity index is 4360. The number of hydrogen-bond acceptors (Lipinski definition) is 24. The van der Waals surface area contributed by atoms with Gasteiger partial charge in [0.25, 0.3) is 0 Å². The van der Waals surface area contributed by atoms with Gasteiger partial charge in [-0.25, -0.2) is 0 Å². The molecular weight excluding hydrogens is 1820 g/mol. The van der Waals surface area contributed by atoms with Crippen LogP contribution in [-0.4, -0.2) is 353 Å². The lowest BCUT2D eigenvalue weighted by Gasteiger charge is -2.34. The van der Waals surface area contributed by atoms with Crippen LogP contribution in [0.5, 0.6) is 0 Å². The number of amides is 15. The summed E-state index contributed by atoms with van der Waals surface area (Å²) in [5.41, 5.74) is 45.1. The Balaban J connectivity index is 1.19. The fraction of sp³-hybridized carbons (Fsp3) is 0.733. The first kappa shape index (κ1) is 115. The van der Waals surface area contributed by atoms with Gasteiger partial charge in [-0.2, -0.15) is 0 Å². The number of carboxylic acid groups (broad SMARTS) is 1. The molecule has 0 aliphatic carbocycles. The summed E-state index contributed by atoms with van der Waals surface area (Å²) in [7, 11) is 0. The molecule has 0 aromatic heterocycles. The number of likely N-dealkylation sites (tertiary alicyclic amines) is 6. The zero-order chi connectivity index (χ0) is 104. The van der Waals surface area contributed by atoms with Crippen molar-refractivity contribution >= 4 is 136 Å². The lowest BCUT2D eigenvalue weighted by atomic mass is 9.96. The maximum absolute atomic E-state index is 15.3. The van der Waals surface area contributed by atoms with Crippen LogP contribution in [0.4, 0.5) is 0 Å². The van der Waals surface area contributed by atoms with E-state index in [4.69, 9.17) is 83.7 Å². The van der Waals surface area contributed by atoms with E-state index in [2.05, 4.69) is 85.1 Å². The predicted octanol–water partition coefficient (Wildman–Crippen LogP) is -8.73. The van der Waals surface area contributed by atoms with Crippen LogP contribution in [0.2, 0.25) is 0 Å². The average molecular weight is 1980 g/mol. The second-order valence-corrected chi connectivity index (χ2v) is 36.7. The van der Waals surface area contributed by atoms with Gasteiger partial charge in [0.05, 0.1) is 6.04 Å². The summed E-state index contributed by atoms with van der Waals surface area (Å²) < 4.78 is 0. The van der Waals surface area contributed by atoms with Crippen molar-refractivity contribution in [2.75, 3.05) is 91.6 Å². The first-order chi connectivity index (χ1) is 66.4. The smallest absolute Gasteiger partial charge is 0.322 e. The Hall–Kier alpha value is -13.6. The number of carbonyl (C=O) groups is 16. The fourth-order valence-electron chi connectivity index (χ4n) is 18.2. The summed E-state index contributed by atoms with van der Waals surface area (Å²) in [5, 5.41) is 106. The van der Waals surface area contributed by atoms with Gasteiger partial charge in [0.1, 0.15) is 91.1 Å². The van der Waals surface area contributed by atoms with Gasteiger partial charge in [-0.1, -0.05) is 34.1 Å². The number of nitrogens with zero attached hydrogens (tertiary/aromatic N) is 6. The largest absolute Gasteiger partial charge is 0.480 e. The third-order valence-electron chi connectivity index (χ3n) is 25.5. The third kappa shape index (κ3) is 36.9. The fourth-order valence-corrected chi connectivity index (χ4v) is 18.2. The second-order valence-electron chi connectivity index (χ2n) is 36.7. The van der Waals surface area contributed by atoms with Crippen molar-refractivity contribution in [2.45, 2.75) is 298 Å². The Morgan fingerprint density at radius 2 is 0.557 bits per heavy atom. The van der Waals surface area contributed by atoms with E-state index in [1.165, 1.54) is 29.4 Å². The van der Waals surface area contributed by atoms with E-state index in [1.807, 2.05) is 0 Å². The molecule has 0 saturated carbocycles. The van der Waals surface area contributed by atoms with E-state index in [9.17, 15) is 43.5 Å². The van der Waals surface area contributed by atoms with Gasteiger partial charge < -0.3 is 165 Å². The Labute approximate surface area is 814 Å². The molecule has 54 nitrogen and oxygen atoms in total. The van der Waals surface area contributed by atoms with E-state index >= 15 is 38.4 Å². The number of nitrogens with two attached hydrogens (primary N) is 8. The van der Waals surface area contributed by atoms with Crippen molar-refractivity contribution in [1.29, 1.82) is 37.9 Å². The summed E-state index contributed by atoms with van der Waals surface area (Å²) in [6.45, 7) is 7.42. The van der Waals surface area contributed by atoms with Crippen LogP contribution in [0.25, 0.3) is 0 Å². The molecular formula is C86H153N37O17. The average Bonchev–Trinajstić information content (AvgIpc) is 1.64. The number of carbonyl (C=O) groups excluding carboxylic acids is 15. The molecule has 784 valence electrons. The molecule has 6 rings (SSSR count). The van der Waals surface area contributed by atoms with Gasteiger partial charge in [0.15, 0.2) is 41.7 Å². The zero-order valence-electron chi connectivity index (χ0n) is 80.8. The number of carboxylic acids is 1. The molecule has 6 heterocycles. The lowest BCUT2D eigenvalue weighted by Crippen LogP contribution is -2.61. The summed E-state index contributed by atoms with van der Waals surface area (Å²) >= 11 is 0. The van der Waals surface area contributed by atoms with Crippen molar-refractivity contribution < 1.29 is 81.8 Å². The number of nitrogens with one attached hydrogen (secondary N) is 23. The Morgan fingerprint density at radius 1 is 0.307 bits per heavy atom. The highest BCUT2D eigenvalue weighted by molar-refractivity contribution is 6.02. The quantitative estimate of drug-likeness (QED) is 0.0153. The monoisotopic (exact) mass is 1980 g/mol. The van der Waals surface area contributed by atoms with E-state index in [-0.39, 0.29) is 261 Å². The molecule has 6 aliphatic rings.